The van der Waals surface area contributed by atoms with Gasteiger partial charge in [-0.3, -0.25) is 14.4 Å². The molecule has 2 unspecified atom stereocenters. The van der Waals surface area contributed by atoms with Gasteiger partial charge >= 0.3 is 0 Å². The molecule has 12 heteroatoms. The number of rotatable bonds is 7. The molecule has 2 heterocycles. The van der Waals surface area contributed by atoms with Crippen molar-refractivity contribution in [1.82, 2.24) is 15.6 Å². The predicted molar refractivity (Wildman–Crippen MR) is 156 cm³/mol. The molecule has 0 spiro atoms. The Morgan fingerprint density at radius 2 is 1.86 bits per heavy atom. The molecule has 3 N–H and O–H groups in total. The maximum absolute atomic E-state index is 13.4. The van der Waals surface area contributed by atoms with Crippen molar-refractivity contribution >= 4 is 35.2 Å². The summed E-state index contributed by atoms with van der Waals surface area (Å²) in [5.41, 5.74) is 1.86. The van der Waals surface area contributed by atoms with Crippen LogP contribution in [0.1, 0.15) is 85.7 Å². The minimum Gasteiger partial charge on any atom is -0.462 e. The lowest BCUT2D eigenvalue weighted by atomic mass is 9.78. The molecular formula is C30H36ClF2N3O5S. The summed E-state index contributed by atoms with van der Waals surface area (Å²) < 4.78 is 39.2. The van der Waals surface area contributed by atoms with Gasteiger partial charge < -0.3 is 25.1 Å². The van der Waals surface area contributed by atoms with Gasteiger partial charge in [0.15, 0.2) is 0 Å². The number of hydrogen-bond acceptors (Lipinski definition) is 6. The first-order valence-corrected chi connectivity index (χ1v) is 15.8. The lowest BCUT2D eigenvalue weighted by molar-refractivity contribution is -0.249. The predicted octanol–water partition coefficient (Wildman–Crippen LogP) is 5.90. The van der Waals surface area contributed by atoms with Crippen LogP contribution in [0.15, 0.2) is 27.9 Å². The molecule has 3 aliphatic rings. The quantitative estimate of drug-likeness (QED) is 0.332. The Balaban J connectivity index is 1.26. The van der Waals surface area contributed by atoms with Gasteiger partial charge in [0, 0.05) is 70.9 Å². The number of fused-ring (bicyclic) bond motifs is 1. The number of benzene rings is 1. The van der Waals surface area contributed by atoms with E-state index in [1.54, 1.807) is 12.1 Å². The van der Waals surface area contributed by atoms with E-state index in [9.17, 15) is 23.2 Å². The third kappa shape index (κ3) is 6.33. The zero-order chi connectivity index (χ0) is 30.4. The van der Waals surface area contributed by atoms with Gasteiger partial charge in [-0.15, -0.1) is 11.8 Å². The van der Waals surface area contributed by atoms with Crippen LogP contribution in [0.4, 0.5) is 8.78 Å². The molecule has 0 bridgehead atoms. The van der Waals surface area contributed by atoms with E-state index >= 15 is 0 Å². The monoisotopic (exact) mass is 623 g/mol. The molecule has 2 aliphatic carbocycles. The molecule has 42 heavy (non-hydrogen) atoms. The summed E-state index contributed by atoms with van der Waals surface area (Å²) in [5.74, 6) is -4.54. The van der Waals surface area contributed by atoms with Crippen LogP contribution in [0, 0.1) is 18.8 Å². The maximum atomic E-state index is 13.4. The van der Waals surface area contributed by atoms with Crippen molar-refractivity contribution in [3.63, 3.8) is 0 Å². The number of ether oxygens (including phenoxy) is 2. The number of amides is 2. The highest BCUT2D eigenvalue weighted by molar-refractivity contribution is 7.98. The van der Waals surface area contributed by atoms with Crippen LogP contribution in [-0.2, 0) is 16.1 Å². The summed E-state index contributed by atoms with van der Waals surface area (Å²) in [6, 6.07) is 5.05. The lowest BCUT2D eigenvalue weighted by Crippen LogP contribution is -2.51. The summed E-state index contributed by atoms with van der Waals surface area (Å²) in [7, 11) is 0. The molecule has 0 saturated heterocycles. The summed E-state index contributed by atoms with van der Waals surface area (Å²) >= 11 is 7.88. The Morgan fingerprint density at radius 1 is 1.17 bits per heavy atom. The number of aryl methyl sites for hydroxylation is 1. The molecule has 2 amide bonds. The van der Waals surface area contributed by atoms with Gasteiger partial charge in [0.25, 0.3) is 11.5 Å². The van der Waals surface area contributed by atoms with Gasteiger partial charge in [-0.1, -0.05) is 11.6 Å². The van der Waals surface area contributed by atoms with E-state index in [0.717, 1.165) is 10.6 Å². The van der Waals surface area contributed by atoms with E-state index in [2.05, 4.69) is 15.6 Å². The number of pyridine rings is 1. The highest BCUT2D eigenvalue weighted by Gasteiger charge is 2.50. The summed E-state index contributed by atoms with van der Waals surface area (Å²) in [4.78, 5) is 41.9. The fraction of sp³-hybridized carbons (Fsp3) is 0.567. The van der Waals surface area contributed by atoms with Crippen LogP contribution in [-0.4, -0.2) is 40.8 Å². The first kappa shape index (κ1) is 30.8. The second kappa shape index (κ2) is 11.8. The highest BCUT2D eigenvalue weighted by Crippen LogP contribution is 2.48. The van der Waals surface area contributed by atoms with Crippen molar-refractivity contribution in [1.29, 1.82) is 0 Å². The Morgan fingerprint density at radius 3 is 2.50 bits per heavy atom. The Bertz CT molecular complexity index is 1440. The van der Waals surface area contributed by atoms with Gasteiger partial charge in [0.05, 0.1) is 11.7 Å². The second-order valence-electron chi connectivity index (χ2n) is 11.8. The Hall–Kier alpha value is -2.63. The molecule has 1 aliphatic heterocycles. The highest BCUT2D eigenvalue weighted by atomic mass is 35.5. The number of alkyl halides is 2. The average Bonchev–Trinajstić information content (AvgIpc) is 2.90. The van der Waals surface area contributed by atoms with Crippen LogP contribution in [0.3, 0.4) is 0 Å². The molecule has 2 aromatic rings. The number of aromatic amines is 1. The van der Waals surface area contributed by atoms with E-state index in [1.807, 2.05) is 33.1 Å². The van der Waals surface area contributed by atoms with Crippen molar-refractivity contribution in [2.24, 2.45) is 11.8 Å². The van der Waals surface area contributed by atoms with Gasteiger partial charge in [-0.2, -0.15) is 0 Å². The first-order valence-electron chi connectivity index (χ1n) is 14.2. The van der Waals surface area contributed by atoms with E-state index in [1.165, 1.54) is 11.8 Å². The average molecular weight is 624 g/mol. The summed E-state index contributed by atoms with van der Waals surface area (Å²) in [6.07, 6.45) is 3.42. The van der Waals surface area contributed by atoms with Crippen molar-refractivity contribution < 1.29 is 27.8 Å². The first-order chi connectivity index (χ1) is 19.8. The van der Waals surface area contributed by atoms with E-state index in [4.69, 9.17) is 21.1 Å². The minimum absolute atomic E-state index is 0.00349. The zero-order valence-electron chi connectivity index (χ0n) is 24.1. The third-order valence-corrected chi connectivity index (χ3v) is 9.66. The maximum Gasteiger partial charge on any atom is 0.254 e. The molecule has 228 valence electrons. The smallest absolute Gasteiger partial charge is 0.254 e. The van der Waals surface area contributed by atoms with Crippen LogP contribution in [0.5, 0.6) is 5.75 Å². The number of carbonyl (C=O) groups is 2. The second-order valence-corrected chi connectivity index (χ2v) is 13.1. The SMILES string of the molecule is CSc1cc(C)[nH]c(=O)c1CNC(=O)c1cc(Cl)cc2c1C(C)OC(C)(C1CCC(NC(=O)C3CC(F)(F)C3)CC1)O2. The molecule has 2 atom stereocenters. The Labute approximate surface area is 252 Å². The fourth-order valence-electron chi connectivity index (χ4n) is 6.34. The molecular weight excluding hydrogens is 588 g/mol. The third-order valence-electron chi connectivity index (χ3n) is 8.63. The van der Waals surface area contributed by atoms with E-state index in [0.29, 0.717) is 53.1 Å². The molecule has 2 saturated carbocycles. The molecule has 0 radical (unpaired) electrons. The van der Waals surface area contributed by atoms with Gasteiger partial charge in [0.1, 0.15) is 5.75 Å². The molecule has 1 aromatic carbocycles. The number of hydrogen-bond donors (Lipinski definition) is 3. The van der Waals surface area contributed by atoms with Gasteiger partial charge in [-0.05, 0) is 64.0 Å². The molecule has 1 aromatic heterocycles. The van der Waals surface area contributed by atoms with Crippen LogP contribution in [0.25, 0.3) is 0 Å². The van der Waals surface area contributed by atoms with Crippen molar-refractivity contribution in [2.75, 3.05) is 6.26 Å². The van der Waals surface area contributed by atoms with E-state index in [-0.39, 0.29) is 42.8 Å². The molecule has 2 fully saturated rings. The van der Waals surface area contributed by atoms with Crippen LogP contribution < -0.4 is 20.9 Å². The number of halogens is 3. The van der Waals surface area contributed by atoms with Gasteiger partial charge in [0.2, 0.25) is 17.6 Å². The normalized spacial score (nSPS) is 26.9. The van der Waals surface area contributed by atoms with Crippen molar-refractivity contribution in [2.45, 2.75) is 94.6 Å². The van der Waals surface area contributed by atoms with Crippen LogP contribution in [0.2, 0.25) is 5.02 Å². The number of aromatic nitrogens is 1. The minimum atomic E-state index is -2.72. The lowest BCUT2D eigenvalue weighted by Gasteiger charge is -2.46. The summed E-state index contributed by atoms with van der Waals surface area (Å²) in [6.45, 7) is 5.59. The zero-order valence-corrected chi connectivity index (χ0v) is 25.6. The van der Waals surface area contributed by atoms with Crippen LogP contribution >= 0.6 is 23.4 Å². The Kier molecular flexibility index (Phi) is 8.66. The molecule has 8 nitrogen and oxygen atoms in total. The molecule has 5 rings (SSSR count). The number of H-pyrrole nitrogens is 1. The number of carbonyl (C=O) groups excluding carboxylic acids is 2. The van der Waals surface area contributed by atoms with E-state index < -0.39 is 29.6 Å². The summed E-state index contributed by atoms with van der Waals surface area (Å²) in [5, 5.41) is 6.13. The fourth-order valence-corrected chi connectivity index (χ4v) is 7.26. The van der Waals surface area contributed by atoms with Crippen molar-refractivity contribution in [3.8, 4) is 5.75 Å². The number of nitrogens with one attached hydrogen (secondary N) is 3. The standard InChI is InChI=1S/C30H36ClF2N3O5S/c1-15-9-24(42-4)22(28(39)35-15)14-34-27(38)21-10-19(31)11-23-25(21)16(2)40-29(3,41-23)18-5-7-20(8-6-18)36-26(37)17-12-30(32,33)13-17/h9-11,16-18,20H,5-8,12-14H2,1-4H3,(H,34,38)(H,35,39)(H,36,37). The largest absolute Gasteiger partial charge is 0.462 e. The van der Waals surface area contributed by atoms with Gasteiger partial charge in [-0.25, -0.2) is 8.78 Å². The van der Waals surface area contributed by atoms with Crippen molar-refractivity contribution in [3.05, 3.63) is 56.0 Å². The topological polar surface area (TPSA) is 110 Å². The number of thioether (sulfide) groups is 1.